The predicted octanol–water partition coefficient (Wildman–Crippen LogP) is 4.49. The first-order chi connectivity index (χ1) is 13.5. The zero-order valence-corrected chi connectivity index (χ0v) is 15.6. The highest BCUT2D eigenvalue weighted by molar-refractivity contribution is 5.84. The number of amides is 1. The molecule has 1 aliphatic carbocycles. The van der Waals surface area contributed by atoms with Crippen LogP contribution < -0.4 is 5.32 Å². The summed E-state index contributed by atoms with van der Waals surface area (Å²) in [5.74, 6) is 0.112. The van der Waals surface area contributed by atoms with Crippen LogP contribution in [0.3, 0.4) is 0 Å². The van der Waals surface area contributed by atoms with Gasteiger partial charge in [0.2, 0.25) is 0 Å². The van der Waals surface area contributed by atoms with Crippen molar-refractivity contribution in [1.82, 2.24) is 0 Å². The number of hydrogen-bond donors (Lipinski definition) is 1. The minimum Gasteiger partial charge on any atom is -0.465 e. The van der Waals surface area contributed by atoms with Crippen LogP contribution in [0.15, 0.2) is 66.7 Å². The second-order valence-electron chi connectivity index (χ2n) is 7.64. The van der Waals surface area contributed by atoms with E-state index in [0.717, 1.165) is 23.1 Å². The molecule has 5 heteroatoms. The largest absolute Gasteiger partial charge is 0.465 e. The van der Waals surface area contributed by atoms with E-state index in [1.807, 2.05) is 54.6 Å². The summed E-state index contributed by atoms with van der Waals surface area (Å²) in [7, 11) is 0. The first-order valence-electron chi connectivity index (χ1n) is 9.46. The van der Waals surface area contributed by atoms with Crippen molar-refractivity contribution in [2.75, 3.05) is 11.9 Å². The molecule has 2 aliphatic rings. The summed E-state index contributed by atoms with van der Waals surface area (Å²) in [6.07, 6.45) is 1.69. The van der Waals surface area contributed by atoms with Gasteiger partial charge in [0, 0.05) is 11.6 Å². The molecule has 4 rings (SSSR count). The number of hydrogen-bond acceptors (Lipinski definition) is 4. The van der Waals surface area contributed by atoms with Crippen molar-refractivity contribution in [2.45, 2.75) is 25.9 Å². The lowest BCUT2D eigenvalue weighted by molar-refractivity contribution is -0.146. The molecule has 2 unspecified atom stereocenters. The first kappa shape index (κ1) is 18.3. The fraction of sp³-hybridized carbons (Fsp3) is 0.304. The number of benzene rings is 2. The number of esters is 1. The number of ether oxygens (including phenoxy) is 2. The Morgan fingerprint density at radius 2 is 1.89 bits per heavy atom. The van der Waals surface area contributed by atoms with Crippen LogP contribution in [-0.2, 0) is 27.3 Å². The van der Waals surface area contributed by atoms with Crippen molar-refractivity contribution in [2.24, 2.45) is 11.3 Å². The van der Waals surface area contributed by atoms with Crippen molar-refractivity contribution in [3.05, 3.63) is 77.9 Å². The molecule has 1 saturated carbocycles. The van der Waals surface area contributed by atoms with Crippen molar-refractivity contribution in [3.63, 3.8) is 0 Å². The first-order valence-corrected chi connectivity index (χ1v) is 9.46. The molecule has 0 aromatic heterocycles. The number of carbonyl (C=O) groups is 2. The molecule has 1 saturated heterocycles. The van der Waals surface area contributed by atoms with Gasteiger partial charge in [0.25, 0.3) is 0 Å². The minimum absolute atomic E-state index is 0.108. The van der Waals surface area contributed by atoms with Crippen LogP contribution >= 0.6 is 0 Å². The van der Waals surface area contributed by atoms with Gasteiger partial charge >= 0.3 is 12.1 Å². The van der Waals surface area contributed by atoms with Crippen molar-refractivity contribution in [3.8, 4) is 0 Å². The van der Waals surface area contributed by atoms with E-state index in [9.17, 15) is 9.59 Å². The van der Waals surface area contributed by atoms with Crippen molar-refractivity contribution < 1.29 is 19.1 Å². The van der Waals surface area contributed by atoms with Gasteiger partial charge in [-0.25, -0.2) is 4.79 Å². The van der Waals surface area contributed by atoms with E-state index >= 15 is 0 Å². The van der Waals surface area contributed by atoms with E-state index < -0.39 is 11.5 Å². The second-order valence-corrected chi connectivity index (χ2v) is 7.64. The third-order valence-electron chi connectivity index (χ3n) is 5.64. The quantitative estimate of drug-likeness (QED) is 0.616. The van der Waals surface area contributed by atoms with Crippen molar-refractivity contribution in [1.29, 1.82) is 0 Å². The van der Waals surface area contributed by atoms with Crippen LogP contribution in [0, 0.1) is 11.3 Å². The van der Waals surface area contributed by atoms with E-state index in [2.05, 4.69) is 11.9 Å². The summed E-state index contributed by atoms with van der Waals surface area (Å²) < 4.78 is 10.6. The van der Waals surface area contributed by atoms with Gasteiger partial charge in [-0.1, -0.05) is 54.6 Å². The molecule has 2 atom stereocenters. The normalized spacial score (nSPS) is 23.2. The Balaban J connectivity index is 1.35. The summed E-state index contributed by atoms with van der Waals surface area (Å²) >= 11 is 0. The van der Waals surface area contributed by atoms with E-state index in [1.54, 1.807) is 0 Å². The molecule has 1 N–H and O–H groups in total. The number of cyclic esters (lactones) is 1. The average molecular weight is 377 g/mol. The van der Waals surface area contributed by atoms with Gasteiger partial charge < -0.3 is 9.47 Å². The number of nitrogens with one attached hydrogen (secondary N) is 1. The topological polar surface area (TPSA) is 64.6 Å². The maximum Gasteiger partial charge on any atom is 0.411 e. The van der Waals surface area contributed by atoms with Crippen LogP contribution in [0.1, 0.15) is 24.0 Å². The molecule has 0 spiro atoms. The van der Waals surface area contributed by atoms with Crippen LogP contribution in [0.25, 0.3) is 0 Å². The Hall–Kier alpha value is -3.08. The maximum absolute atomic E-state index is 12.4. The summed E-state index contributed by atoms with van der Waals surface area (Å²) in [6.45, 7) is 4.79. The molecule has 0 bridgehead atoms. The SMILES string of the molecule is C=C1CC2COC(=O)C2(Cc2ccc(NC(=O)OCc3ccccc3)cc2)C1. The van der Waals surface area contributed by atoms with Crippen LogP contribution in [-0.4, -0.2) is 18.7 Å². The Morgan fingerprint density at radius 1 is 1.14 bits per heavy atom. The van der Waals surface area contributed by atoms with Gasteiger partial charge in [-0.3, -0.25) is 10.1 Å². The lowest BCUT2D eigenvalue weighted by atomic mass is 9.75. The summed E-state index contributed by atoms with van der Waals surface area (Å²) in [4.78, 5) is 24.4. The number of rotatable bonds is 5. The summed E-state index contributed by atoms with van der Waals surface area (Å²) in [6, 6.07) is 17.1. The third-order valence-corrected chi connectivity index (χ3v) is 5.64. The third kappa shape index (κ3) is 3.65. The van der Waals surface area contributed by atoms with E-state index in [1.165, 1.54) is 0 Å². The number of anilines is 1. The molecule has 2 aromatic carbocycles. The van der Waals surface area contributed by atoms with Gasteiger partial charge in [-0.15, -0.1) is 0 Å². The van der Waals surface area contributed by atoms with Crippen LogP contribution in [0.4, 0.5) is 10.5 Å². The minimum atomic E-state index is -0.498. The Bertz CT molecular complexity index is 891. The van der Waals surface area contributed by atoms with Gasteiger partial charge in [-0.2, -0.15) is 0 Å². The lowest BCUT2D eigenvalue weighted by Crippen LogP contribution is -2.31. The molecule has 0 radical (unpaired) electrons. The molecule has 144 valence electrons. The Morgan fingerprint density at radius 3 is 2.64 bits per heavy atom. The molecule has 2 aromatic rings. The van der Waals surface area contributed by atoms with Gasteiger partial charge in [0.05, 0.1) is 12.0 Å². The fourth-order valence-electron chi connectivity index (χ4n) is 4.21. The number of carbonyl (C=O) groups excluding carboxylic acids is 2. The number of allylic oxidation sites excluding steroid dienone is 1. The van der Waals surface area contributed by atoms with Gasteiger partial charge in [-0.05, 0) is 42.5 Å². The maximum atomic E-state index is 12.4. The molecular weight excluding hydrogens is 354 g/mol. The number of fused-ring (bicyclic) bond motifs is 1. The fourth-order valence-corrected chi connectivity index (χ4v) is 4.21. The van der Waals surface area contributed by atoms with E-state index in [0.29, 0.717) is 25.1 Å². The highest BCUT2D eigenvalue weighted by Crippen LogP contribution is 2.52. The average Bonchev–Trinajstić information content (AvgIpc) is 3.17. The standard InChI is InChI=1S/C23H23NO4/c1-16-11-19-15-27-21(25)23(19,12-16)13-17-7-9-20(10-8-17)24-22(26)28-14-18-5-3-2-4-6-18/h2-10,19H,1,11-15H2,(H,24,26). The monoisotopic (exact) mass is 377 g/mol. The molecule has 1 heterocycles. The van der Waals surface area contributed by atoms with Crippen LogP contribution in [0.5, 0.6) is 0 Å². The molecule has 2 fully saturated rings. The smallest absolute Gasteiger partial charge is 0.411 e. The zero-order chi connectivity index (χ0) is 19.6. The Labute approximate surface area is 164 Å². The molecule has 1 aliphatic heterocycles. The highest BCUT2D eigenvalue weighted by Gasteiger charge is 2.55. The molecule has 28 heavy (non-hydrogen) atoms. The second kappa shape index (κ2) is 7.50. The van der Waals surface area contributed by atoms with Crippen molar-refractivity contribution >= 4 is 17.7 Å². The summed E-state index contributed by atoms with van der Waals surface area (Å²) in [5, 5.41) is 2.73. The molecular formula is C23H23NO4. The van der Waals surface area contributed by atoms with Gasteiger partial charge in [0.15, 0.2) is 0 Å². The summed E-state index contributed by atoms with van der Waals surface area (Å²) in [5.41, 5.74) is 3.28. The zero-order valence-electron chi connectivity index (χ0n) is 15.6. The van der Waals surface area contributed by atoms with Gasteiger partial charge in [0.1, 0.15) is 6.61 Å². The van der Waals surface area contributed by atoms with E-state index in [4.69, 9.17) is 9.47 Å². The van der Waals surface area contributed by atoms with Crippen LogP contribution in [0.2, 0.25) is 0 Å². The molecule has 5 nitrogen and oxygen atoms in total. The lowest BCUT2D eigenvalue weighted by Gasteiger charge is -2.24. The predicted molar refractivity (Wildman–Crippen MR) is 106 cm³/mol. The van der Waals surface area contributed by atoms with E-state index in [-0.39, 0.29) is 18.5 Å². The molecule has 1 amide bonds. The highest BCUT2D eigenvalue weighted by atomic mass is 16.5. The Kier molecular flexibility index (Phi) is 4.90.